The summed E-state index contributed by atoms with van der Waals surface area (Å²) >= 11 is 1.54. The van der Waals surface area contributed by atoms with Gasteiger partial charge in [0, 0.05) is 6.54 Å². The first-order valence-electron chi connectivity index (χ1n) is 10.1. The summed E-state index contributed by atoms with van der Waals surface area (Å²) in [5.74, 6) is 0.791. The molecular formula is C20H28N4O4S. The number of thiophene rings is 1. The highest BCUT2D eigenvalue weighted by Gasteiger charge is 2.28. The fourth-order valence-corrected chi connectivity index (χ4v) is 4.06. The molecule has 0 saturated carbocycles. The Labute approximate surface area is 174 Å². The molecule has 3 rings (SSSR count). The minimum Gasteiger partial charge on any atom is -0.466 e. The van der Waals surface area contributed by atoms with Crippen LogP contribution in [-0.2, 0) is 20.9 Å². The maximum absolute atomic E-state index is 12.9. The molecule has 1 fully saturated rings. The van der Waals surface area contributed by atoms with Crippen molar-refractivity contribution in [2.75, 3.05) is 32.8 Å². The number of aromatic nitrogens is 2. The van der Waals surface area contributed by atoms with Crippen LogP contribution in [0.1, 0.15) is 39.0 Å². The van der Waals surface area contributed by atoms with Crippen LogP contribution in [0.25, 0.3) is 10.8 Å². The number of hydrogen-bond donors (Lipinski definition) is 0. The Hall–Kier alpha value is -2.26. The van der Waals surface area contributed by atoms with E-state index in [1.165, 1.54) is 11.3 Å². The highest BCUT2D eigenvalue weighted by molar-refractivity contribution is 7.13. The summed E-state index contributed by atoms with van der Waals surface area (Å²) in [5.41, 5.74) is 0. The molecule has 9 heteroatoms. The number of hydrogen-bond acceptors (Lipinski definition) is 8. The lowest BCUT2D eigenvalue weighted by molar-refractivity contribution is -0.149. The first-order valence-corrected chi connectivity index (χ1v) is 11.0. The Morgan fingerprint density at radius 2 is 2.10 bits per heavy atom. The second-order valence-corrected chi connectivity index (χ2v) is 8.04. The van der Waals surface area contributed by atoms with E-state index in [0.29, 0.717) is 38.0 Å². The summed E-state index contributed by atoms with van der Waals surface area (Å²) in [6.07, 6.45) is 2.31. The summed E-state index contributed by atoms with van der Waals surface area (Å²) in [6.45, 7) is 6.99. The van der Waals surface area contributed by atoms with Gasteiger partial charge in [-0.1, -0.05) is 13.0 Å². The van der Waals surface area contributed by atoms with Crippen LogP contribution in [0.4, 0.5) is 0 Å². The molecule has 1 saturated heterocycles. The highest BCUT2D eigenvalue weighted by Crippen LogP contribution is 2.23. The number of esters is 1. The number of amides is 1. The average Bonchev–Trinajstić information content (AvgIpc) is 3.40. The third-order valence-corrected chi connectivity index (χ3v) is 5.80. The van der Waals surface area contributed by atoms with Crippen molar-refractivity contribution in [1.82, 2.24) is 20.0 Å². The molecule has 0 N–H and O–H groups in total. The standard InChI is InChI=1S/C20H28N4O4S/c1-3-9-24(13-17-21-22-19(28-17)16-6-5-12-29-16)18(25)14-23-10-7-15(8-11-23)20(26)27-4-2/h5-6,12,15H,3-4,7-11,13-14H2,1-2H3. The van der Waals surface area contributed by atoms with Crippen molar-refractivity contribution in [2.45, 2.75) is 39.7 Å². The predicted molar refractivity (Wildman–Crippen MR) is 109 cm³/mol. The van der Waals surface area contributed by atoms with E-state index in [1.54, 1.807) is 4.90 Å². The molecule has 0 aromatic carbocycles. The highest BCUT2D eigenvalue weighted by atomic mass is 32.1. The summed E-state index contributed by atoms with van der Waals surface area (Å²) in [4.78, 5) is 29.5. The van der Waals surface area contributed by atoms with Crippen molar-refractivity contribution >= 4 is 23.2 Å². The zero-order chi connectivity index (χ0) is 20.6. The molecule has 0 spiro atoms. The molecule has 158 valence electrons. The molecule has 0 unspecified atom stereocenters. The lowest BCUT2D eigenvalue weighted by Gasteiger charge is -2.32. The van der Waals surface area contributed by atoms with E-state index in [2.05, 4.69) is 15.1 Å². The van der Waals surface area contributed by atoms with E-state index in [9.17, 15) is 9.59 Å². The molecule has 1 aliphatic heterocycles. The molecule has 0 atom stereocenters. The molecule has 1 aliphatic rings. The quantitative estimate of drug-likeness (QED) is 0.576. The zero-order valence-electron chi connectivity index (χ0n) is 17.0. The van der Waals surface area contributed by atoms with E-state index >= 15 is 0 Å². The second-order valence-electron chi connectivity index (χ2n) is 7.10. The number of nitrogens with zero attached hydrogens (tertiary/aromatic N) is 4. The largest absolute Gasteiger partial charge is 0.466 e. The van der Waals surface area contributed by atoms with Crippen LogP contribution in [0, 0.1) is 5.92 Å². The summed E-state index contributed by atoms with van der Waals surface area (Å²) in [6, 6.07) is 3.86. The lowest BCUT2D eigenvalue weighted by Crippen LogP contribution is -2.44. The molecule has 2 aromatic heterocycles. The van der Waals surface area contributed by atoms with E-state index in [1.807, 2.05) is 31.4 Å². The van der Waals surface area contributed by atoms with Gasteiger partial charge in [0.05, 0.1) is 30.5 Å². The van der Waals surface area contributed by atoms with Crippen LogP contribution in [0.15, 0.2) is 21.9 Å². The molecule has 2 aromatic rings. The second kappa shape index (κ2) is 10.5. The maximum atomic E-state index is 12.9. The Kier molecular flexibility index (Phi) is 7.76. The number of carbonyl (C=O) groups excluding carboxylic acids is 2. The molecule has 8 nitrogen and oxygen atoms in total. The Bertz CT molecular complexity index is 784. The smallest absolute Gasteiger partial charge is 0.309 e. The minimum absolute atomic E-state index is 0.0392. The van der Waals surface area contributed by atoms with Crippen LogP contribution in [-0.4, -0.2) is 64.7 Å². The van der Waals surface area contributed by atoms with Gasteiger partial charge in [0.25, 0.3) is 5.89 Å². The van der Waals surface area contributed by atoms with Gasteiger partial charge in [0.2, 0.25) is 11.8 Å². The van der Waals surface area contributed by atoms with E-state index in [-0.39, 0.29) is 17.8 Å². The SMILES string of the molecule is CCCN(Cc1nnc(-c2cccs2)o1)C(=O)CN1CCC(C(=O)OCC)CC1. The Balaban J connectivity index is 1.53. The monoisotopic (exact) mass is 420 g/mol. The maximum Gasteiger partial charge on any atom is 0.309 e. The fraction of sp³-hybridized carbons (Fsp3) is 0.600. The van der Waals surface area contributed by atoms with Crippen molar-refractivity contribution in [1.29, 1.82) is 0 Å². The van der Waals surface area contributed by atoms with Crippen molar-refractivity contribution in [2.24, 2.45) is 5.92 Å². The third kappa shape index (κ3) is 5.86. The van der Waals surface area contributed by atoms with Crippen LogP contribution in [0.3, 0.4) is 0 Å². The van der Waals surface area contributed by atoms with Crippen molar-refractivity contribution in [3.8, 4) is 10.8 Å². The minimum atomic E-state index is -0.121. The lowest BCUT2D eigenvalue weighted by atomic mass is 9.97. The summed E-state index contributed by atoms with van der Waals surface area (Å²) in [5, 5.41) is 10.1. The van der Waals surface area contributed by atoms with Gasteiger partial charge in [-0.25, -0.2) is 0 Å². The van der Waals surface area contributed by atoms with E-state index < -0.39 is 0 Å². The Morgan fingerprint density at radius 3 is 2.76 bits per heavy atom. The van der Waals surface area contributed by atoms with Crippen LogP contribution in [0.5, 0.6) is 0 Å². The molecule has 0 radical (unpaired) electrons. The van der Waals surface area contributed by atoms with Gasteiger partial charge in [-0.05, 0) is 50.7 Å². The molecule has 0 aliphatic carbocycles. The molecule has 3 heterocycles. The number of ether oxygens (including phenoxy) is 1. The number of rotatable bonds is 9. The van der Waals surface area contributed by atoms with Gasteiger partial charge in [0.15, 0.2) is 0 Å². The Morgan fingerprint density at radius 1 is 1.31 bits per heavy atom. The molecular weight excluding hydrogens is 392 g/mol. The first kappa shape index (κ1) is 21.4. The van der Waals surface area contributed by atoms with Crippen molar-refractivity contribution < 1.29 is 18.7 Å². The van der Waals surface area contributed by atoms with Crippen LogP contribution in [0.2, 0.25) is 0 Å². The molecule has 29 heavy (non-hydrogen) atoms. The van der Waals surface area contributed by atoms with Gasteiger partial charge < -0.3 is 14.1 Å². The van der Waals surface area contributed by atoms with Gasteiger partial charge in [0.1, 0.15) is 0 Å². The van der Waals surface area contributed by atoms with E-state index in [0.717, 1.165) is 37.2 Å². The molecule has 1 amide bonds. The summed E-state index contributed by atoms with van der Waals surface area (Å²) in [7, 11) is 0. The average molecular weight is 421 g/mol. The first-order chi connectivity index (χ1) is 14.1. The number of carbonyl (C=O) groups is 2. The van der Waals surface area contributed by atoms with Crippen molar-refractivity contribution in [3.05, 3.63) is 23.4 Å². The predicted octanol–water partition coefficient (Wildman–Crippen LogP) is 2.81. The number of piperidine rings is 1. The summed E-state index contributed by atoms with van der Waals surface area (Å²) < 4.78 is 10.8. The number of likely N-dealkylation sites (tertiary alicyclic amines) is 1. The van der Waals surface area contributed by atoms with Gasteiger partial charge in [-0.2, -0.15) is 0 Å². The normalized spacial score (nSPS) is 15.4. The van der Waals surface area contributed by atoms with E-state index in [4.69, 9.17) is 9.15 Å². The van der Waals surface area contributed by atoms with Crippen LogP contribution < -0.4 is 0 Å². The third-order valence-electron chi connectivity index (χ3n) is 4.94. The van der Waals surface area contributed by atoms with Gasteiger partial charge in [-0.3, -0.25) is 14.5 Å². The molecule has 0 bridgehead atoms. The zero-order valence-corrected chi connectivity index (χ0v) is 17.8. The van der Waals surface area contributed by atoms with Gasteiger partial charge >= 0.3 is 5.97 Å². The topological polar surface area (TPSA) is 88.8 Å². The fourth-order valence-electron chi connectivity index (χ4n) is 3.42. The van der Waals surface area contributed by atoms with Crippen molar-refractivity contribution in [3.63, 3.8) is 0 Å². The van der Waals surface area contributed by atoms with Gasteiger partial charge in [-0.15, -0.1) is 21.5 Å². The van der Waals surface area contributed by atoms with Crippen LogP contribution >= 0.6 is 11.3 Å².